The lowest BCUT2D eigenvalue weighted by molar-refractivity contribution is 0.217. The molecule has 1 N–H and O–H groups in total. The summed E-state index contributed by atoms with van der Waals surface area (Å²) in [6.45, 7) is 3.25. The zero-order chi connectivity index (χ0) is 16.2. The number of nitrogens with zero attached hydrogens (tertiary/aromatic N) is 1. The Kier molecular flexibility index (Phi) is 4.68. The van der Waals surface area contributed by atoms with Gasteiger partial charge in [-0.05, 0) is 36.1 Å². The van der Waals surface area contributed by atoms with Crippen molar-refractivity contribution in [3.05, 3.63) is 70.8 Å². The lowest BCUT2D eigenvalue weighted by Gasteiger charge is -2.27. The maximum Gasteiger partial charge on any atom is 0.322 e. The molecule has 0 unspecified atom stereocenters. The molecule has 4 heteroatoms. The molecule has 1 aliphatic heterocycles. The molecule has 0 saturated carbocycles. The Morgan fingerprint density at radius 1 is 1.13 bits per heavy atom. The first-order valence-electron chi connectivity index (χ1n) is 7.70. The number of benzene rings is 2. The van der Waals surface area contributed by atoms with Crippen molar-refractivity contribution < 1.29 is 4.79 Å². The molecule has 0 aromatic heterocycles. The minimum absolute atomic E-state index is 0.107. The van der Waals surface area contributed by atoms with Gasteiger partial charge in [-0.1, -0.05) is 60.1 Å². The Morgan fingerprint density at radius 3 is 2.57 bits per heavy atom. The van der Waals surface area contributed by atoms with Crippen molar-refractivity contribution in [2.45, 2.75) is 13.3 Å². The van der Waals surface area contributed by atoms with E-state index in [0.29, 0.717) is 23.8 Å². The first kappa shape index (κ1) is 15.6. The maximum absolute atomic E-state index is 12.4. The predicted octanol–water partition coefficient (Wildman–Crippen LogP) is 4.97. The van der Waals surface area contributed by atoms with Gasteiger partial charge in [-0.2, -0.15) is 0 Å². The van der Waals surface area contributed by atoms with Gasteiger partial charge >= 0.3 is 6.03 Å². The SMILES string of the molecule is Cc1cccc(Cl)c1NC(=O)N1CC=C(c2ccccc2)CC1. The van der Waals surface area contributed by atoms with E-state index in [1.165, 1.54) is 11.1 Å². The molecular formula is C19H19ClN2O. The maximum atomic E-state index is 12.4. The average Bonchev–Trinajstić information content (AvgIpc) is 2.59. The highest BCUT2D eigenvalue weighted by Gasteiger charge is 2.19. The van der Waals surface area contributed by atoms with Gasteiger partial charge in [-0.25, -0.2) is 4.79 Å². The van der Waals surface area contributed by atoms with Crippen LogP contribution in [-0.2, 0) is 0 Å². The van der Waals surface area contributed by atoms with Crippen molar-refractivity contribution in [1.29, 1.82) is 0 Å². The number of anilines is 1. The summed E-state index contributed by atoms with van der Waals surface area (Å²) in [6, 6.07) is 15.8. The summed E-state index contributed by atoms with van der Waals surface area (Å²) >= 11 is 6.17. The summed E-state index contributed by atoms with van der Waals surface area (Å²) in [5.74, 6) is 0. The monoisotopic (exact) mass is 326 g/mol. The van der Waals surface area contributed by atoms with Crippen LogP contribution in [0.1, 0.15) is 17.5 Å². The zero-order valence-corrected chi connectivity index (χ0v) is 13.8. The Balaban J connectivity index is 1.68. The van der Waals surface area contributed by atoms with E-state index in [2.05, 4.69) is 23.5 Å². The fourth-order valence-corrected chi connectivity index (χ4v) is 3.01. The molecule has 1 heterocycles. The van der Waals surface area contributed by atoms with E-state index < -0.39 is 0 Å². The molecule has 0 atom stereocenters. The molecule has 0 bridgehead atoms. The van der Waals surface area contributed by atoms with Crippen LogP contribution in [0.25, 0.3) is 5.57 Å². The third-order valence-corrected chi connectivity index (χ3v) is 4.41. The minimum atomic E-state index is -0.107. The van der Waals surface area contributed by atoms with E-state index in [4.69, 9.17) is 11.6 Å². The predicted molar refractivity (Wildman–Crippen MR) is 95.8 cm³/mol. The number of halogens is 1. The van der Waals surface area contributed by atoms with Crippen molar-refractivity contribution in [3.63, 3.8) is 0 Å². The number of carbonyl (C=O) groups excluding carboxylic acids is 1. The van der Waals surface area contributed by atoms with Crippen molar-refractivity contribution in [2.24, 2.45) is 0 Å². The topological polar surface area (TPSA) is 32.3 Å². The van der Waals surface area contributed by atoms with E-state index in [9.17, 15) is 4.79 Å². The molecule has 0 aliphatic carbocycles. The second-order valence-electron chi connectivity index (χ2n) is 5.65. The van der Waals surface area contributed by atoms with Gasteiger partial charge in [0.15, 0.2) is 0 Å². The molecule has 1 aliphatic rings. The van der Waals surface area contributed by atoms with Gasteiger partial charge in [-0.3, -0.25) is 0 Å². The molecule has 2 amide bonds. The third kappa shape index (κ3) is 3.57. The van der Waals surface area contributed by atoms with Crippen LogP contribution in [-0.4, -0.2) is 24.0 Å². The van der Waals surface area contributed by atoms with Crippen LogP contribution in [0, 0.1) is 6.92 Å². The van der Waals surface area contributed by atoms with Crippen molar-refractivity contribution in [2.75, 3.05) is 18.4 Å². The summed E-state index contributed by atoms with van der Waals surface area (Å²) in [4.78, 5) is 14.2. The van der Waals surface area contributed by atoms with Crippen LogP contribution in [0.15, 0.2) is 54.6 Å². The van der Waals surface area contributed by atoms with E-state index in [1.807, 2.05) is 37.3 Å². The molecule has 0 saturated heterocycles. The molecule has 118 valence electrons. The molecule has 3 nitrogen and oxygen atoms in total. The number of rotatable bonds is 2. The van der Waals surface area contributed by atoms with E-state index in [0.717, 1.165) is 12.0 Å². The molecule has 2 aromatic rings. The number of hydrogen-bond donors (Lipinski definition) is 1. The molecule has 3 rings (SSSR count). The van der Waals surface area contributed by atoms with Crippen LogP contribution in [0.5, 0.6) is 0 Å². The second-order valence-corrected chi connectivity index (χ2v) is 6.06. The normalized spacial score (nSPS) is 14.3. The first-order valence-corrected chi connectivity index (χ1v) is 8.08. The Bertz CT molecular complexity index is 720. The van der Waals surface area contributed by atoms with Crippen molar-refractivity contribution in [1.82, 2.24) is 4.90 Å². The number of carbonyl (C=O) groups is 1. The number of para-hydroxylation sites is 1. The van der Waals surface area contributed by atoms with Crippen LogP contribution >= 0.6 is 11.6 Å². The lowest BCUT2D eigenvalue weighted by Crippen LogP contribution is -2.38. The zero-order valence-electron chi connectivity index (χ0n) is 13.1. The van der Waals surface area contributed by atoms with Crippen LogP contribution < -0.4 is 5.32 Å². The average molecular weight is 327 g/mol. The molecule has 2 aromatic carbocycles. The summed E-state index contributed by atoms with van der Waals surface area (Å²) in [5.41, 5.74) is 4.18. The summed E-state index contributed by atoms with van der Waals surface area (Å²) in [6.07, 6.45) is 2.98. The fourth-order valence-electron chi connectivity index (χ4n) is 2.74. The third-order valence-electron chi connectivity index (χ3n) is 4.09. The Hall–Kier alpha value is -2.26. The molecular weight excluding hydrogens is 308 g/mol. The van der Waals surface area contributed by atoms with Gasteiger partial charge in [-0.15, -0.1) is 0 Å². The van der Waals surface area contributed by atoms with Gasteiger partial charge in [0.05, 0.1) is 10.7 Å². The van der Waals surface area contributed by atoms with Crippen molar-refractivity contribution in [3.8, 4) is 0 Å². The smallest absolute Gasteiger partial charge is 0.320 e. The van der Waals surface area contributed by atoms with Gasteiger partial charge in [0.25, 0.3) is 0 Å². The highest BCUT2D eigenvalue weighted by atomic mass is 35.5. The van der Waals surface area contributed by atoms with Crippen LogP contribution in [0.4, 0.5) is 10.5 Å². The van der Waals surface area contributed by atoms with Crippen molar-refractivity contribution >= 4 is 28.9 Å². The summed E-state index contributed by atoms with van der Waals surface area (Å²) < 4.78 is 0. The second kappa shape index (κ2) is 6.88. The highest BCUT2D eigenvalue weighted by Crippen LogP contribution is 2.27. The Labute approximate surface area is 141 Å². The number of hydrogen-bond acceptors (Lipinski definition) is 1. The number of nitrogens with one attached hydrogen (secondary N) is 1. The van der Waals surface area contributed by atoms with E-state index in [1.54, 1.807) is 11.0 Å². The van der Waals surface area contributed by atoms with Gasteiger partial charge in [0, 0.05) is 13.1 Å². The first-order chi connectivity index (χ1) is 11.1. The standard InChI is InChI=1S/C19H19ClN2O/c1-14-6-5-9-17(20)18(14)21-19(23)22-12-10-16(11-13-22)15-7-3-2-4-8-15/h2-10H,11-13H2,1H3,(H,21,23). The quantitative estimate of drug-likeness (QED) is 0.830. The molecule has 23 heavy (non-hydrogen) atoms. The minimum Gasteiger partial charge on any atom is -0.320 e. The van der Waals surface area contributed by atoms with Crippen LogP contribution in [0.2, 0.25) is 5.02 Å². The number of urea groups is 1. The fraction of sp³-hybridized carbons (Fsp3) is 0.211. The Morgan fingerprint density at radius 2 is 1.91 bits per heavy atom. The van der Waals surface area contributed by atoms with Gasteiger partial charge in [0.2, 0.25) is 0 Å². The van der Waals surface area contributed by atoms with Crippen LogP contribution in [0.3, 0.4) is 0 Å². The summed E-state index contributed by atoms with van der Waals surface area (Å²) in [5, 5.41) is 3.49. The molecule has 0 fully saturated rings. The molecule has 0 radical (unpaired) electrons. The van der Waals surface area contributed by atoms with Gasteiger partial charge < -0.3 is 10.2 Å². The van der Waals surface area contributed by atoms with Gasteiger partial charge in [0.1, 0.15) is 0 Å². The number of aryl methyl sites for hydroxylation is 1. The highest BCUT2D eigenvalue weighted by molar-refractivity contribution is 6.33. The number of amides is 2. The van der Waals surface area contributed by atoms with E-state index in [-0.39, 0.29) is 6.03 Å². The van der Waals surface area contributed by atoms with E-state index >= 15 is 0 Å². The largest absolute Gasteiger partial charge is 0.322 e. The summed E-state index contributed by atoms with van der Waals surface area (Å²) in [7, 11) is 0. The molecule has 0 spiro atoms. The lowest BCUT2D eigenvalue weighted by atomic mass is 10.00.